The van der Waals surface area contributed by atoms with Crippen molar-refractivity contribution in [1.29, 1.82) is 0 Å². The predicted molar refractivity (Wildman–Crippen MR) is 102 cm³/mol. The van der Waals surface area contributed by atoms with Crippen molar-refractivity contribution in [3.8, 4) is 28.5 Å². The third kappa shape index (κ3) is 2.79. The summed E-state index contributed by atoms with van der Waals surface area (Å²) >= 11 is 0. The number of aryl methyl sites for hydroxylation is 1. The van der Waals surface area contributed by atoms with Gasteiger partial charge in [-0.25, -0.2) is 14.1 Å². The van der Waals surface area contributed by atoms with Crippen LogP contribution < -0.4 is 10.1 Å². The van der Waals surface area contributed by atoms with Crippen molar-refractivity contribution in [2.75, 3.05) is 14.2 Å². The molecule has 0 aliphatic carbocycles. The van der Waals surface area contributed by atoms with Gasteiger partial charge in [0.25, 0.3) is 5.91 Å². The molecule has 1 amide bonds. The van der Waals surface area contributed by atoms with E-state index in [0.29, 0.717) is 45.0 Å². The Labute approximate surface area is 159 Å². The summed E-state index contributed by atoms with van der Waals surface area (Å²) in [6, 6.07) is 9.28. The van der Waals surface area contributed by atoms with E-state index in [0.717, 1.165) is 0 Å². The Bertz CT molecular complexity index is 1180. The molecule has 7 nitrogen and oxygen atoms in total. The van der Waals surface area contributed by atoms with Crippen molar-refractivity contribution in [1.82, 2.24) is 20.1 Å². The molecule has 4 rings (SSSR count). The van der Waals surface area contributed by atoms with Gasteiger partial charge in [-0.15, -0.1) is 0 Å². The van der Waals surface area contributed by atoms with Crippen LogP contribution in [0.4, 0.5) is 4.39 Å². The summed E-state index contributed by atoms with van der Waals surface area (Å²) in [7, 11) is 4.86. The standard InChI is InChI=1S/C20H17FN4O3/c1-22-20(26)17-13-8-15(27-3)14(19-23-10-24-25(19)2)9-16(13)28-18(17)11-4-6-12(21)7-5-11/h4-10H,1-3H3,(H,22,26). The Hall–Kier alpha value is -3.68. The molecule has 0 spiro atoms. The molecule has 2 aromatic carbocycles. The average Bonchev–Trinajstić information content (AvgIpc) is 3.29. The largest absolute Gasteiger partial charge is 0.496 e. The van der Waals surface area contributed by atoms with E-state index in [1.54, 1.807) is 50.2 Å². The first-order valence-corrected chi connectivity index (χ1v) is 8.50. The summed E-state index contributed by atoms with van der Waals surface area (Å²) in [6.45, 7) is 0. The maximum absolute atomic E-state index is 13.3. The summed E-state index contributed by atoms with van der Waals surface area (Å²) in [5.74, 6) is 0.797. The van der Waals surface area contributed by atoms with Crippen molar-refractivity contribution >= 4 is 16.9 Å². The molecule has 0 fully saturated rings. The highest BCUT2D eigenvalue weighted by atomic mass is 19.1. The summed E-state index contributed by atoms with van der Waals surface area (Å²) in [5.41, 5.74) is 2.11. The summed E-state index contributed by atoms with van der Waals surface area (Å²) in [5, 5.41) is 7.30. The van der Waals surface area contributed by atoms with Crippen LogP contribution in [0.5, 0.6) is 5.75 Å². The third-order valence-electron chi connectivity index (χ3n) is 4.52. The number of fused-ring (bicyclic) bond motifs is 1. The number of benzene rings is 2. The van der Waals surface area contributed by atoms with Gasteiger partial charge < -0.3 is 14.5 Å². The minimum absolute atomic E-state index is 0.313. The van der Waals surface area contributed by atoms with Gasteiger partial charge in [0.1, 0.15) is 29.2 Å². The van der Waals surface area contributed by atoms with E-state index in [1.165, 1.54) is 18.5 Å². The molecule has 0 aliphatic heterocycles. The van der Waals surface area contributed by atoms with Crippen LogP contribution >= 0.6 is 0 Å². The average molecular weight is 380 g/mol. The van der Waals surface area contributed by atoms with Gasteiger partial charge in [-0.05, 0) is 36.4 Å². The van der Waals surface area contributed by atoms with Crippen LogP contribution in [-0.4, -0.2) is 34.8 Å². The summed E-state index contributed by atoms with van der Waals surface area (Å²) in [6.07, 6.45) is 1.45. The number of nitrogens with one attached hydrogen (secondary N) is 1. The van der Waals surface area contributed by atoms with Gasteiger partial charge in [-0.2, -0.15) is 5.10 Å². The Morgan fingerprint density at radius 2 is 2.00 bits per heavy atom. The van der Waals surface area contributed by atoms with Crippen LogP contribution in [0, 0.1) is 5.82 Å². The number of aromatic nitrogens is 3. The van der Waals surface area contributed by atoms with Crippen molar-refractivity contribution in [2.24, 2.45) is 7.05 Å². The van der Waals surface area contributed by atoms with Crippen molar-refractivity contribution in [3.63, 3.8) is 0 Å². The summed E-state index contributed by atoms with van der Waals surface area (Å²) in [4.78, 5) is 16.9. The zero-order valence-corrected chi connectivity index (χ0v) is 15.5. The number of ether oxygens (including phenoxy) is 1. The van der Waals surface area contributed by atoms with Gasteiger partial charge in [-0.3, -0.25) is 4.79 Å². The van der Waals surface area contributed by atoms with E-state index in [1.807, 2.05) is 0 Å². The fourth-order valence-corrected chi connectivity index (χ4v) is 3.16. The Kier molecular flexibility index (Phi) is 4.31. The van der Waals surface area contributed by atoms with E-state index in [-0.39, 0.29) is 11.7 Å². The number of amides is 1. The molecule has 1 N–H and O–H groups in total. The Balaban J connectivity index is 2.02. The van der Waals surface area contributed by atoms with E-state index in [4.69, 9.17) is 9.15 Å². The number of hydrogen-bond acceptors (Lipinski definition) is 5. The molecule has 0 atom stereocenters. The molecule has 0 radical (unpaired) electrons. The normalized spacial score (nSPS) is 11.0. The molecule has 0 bridgehead atoms. The number of nitrogens with zero attached hydrogens (tertiary/aromatic N) is 3. The van der Waals surface area contributed by atoms with Gasteiger partial charge in [0, 0.05) is 25.0 Å². The van der Waals surface area contributed by atoms with Crippen LogP contribution in [0.15, 0.2) is 47.1 Å². The van der Waals surface area contributed by atoms with Crippen LogP contribution in [0.25, 0.3) is 33.7 Å². The molecular weight excluding hydrogens is 363 g/mol. The fourth-order valence-electron chi connectivity index (χ4n) is 3.16. The van der Waals surface area contributed by atoms with Gasteiger partial charge in [-0.1, -0.05) is 0 Å². The minimum atomic E-state index is -0.368. The molecule has 2 heterocycles. The quantitative estimate of drug-likeness (QED) is 0.587. The highest BCUT2D eigenvalue weighted by Gasteiger charge is 2.24. The number of methoxy groups -OCH3 is 1. The van der Waals surface area contributed by atoms with Crippen LogP contribution in [-0.2, 0) is 7.05 Å². The molecule has 142 valence electrons. The molecule has 2 aromatic heterocycles. The van der Waals surface area contributed by atoms with E-state index in [9.17, 15) is 9.18 Å². The van der Waals surface area contributed by atoms with Gasteiger partial charge in [0.2, 0.25) is 0 Å². The highest BCUT2D eigenvalue weighted by Crippen LogP contribution is 2.39. The van der Waals surface area contributed by atoms with Gasteiger partial charge >= 0.3 is 0 Å². The molecule has 8 heteroatoms. The van der Waals surface area contributed by atoms with Crippen molar-refractivity contribution in [2.45, 2.75) is 0 Å². The predicted octanol–water partition coefficient (Wildman–Crippen LogP) is 3.40. The molecule has 0 aliphatic rings. The lowest BCUT2D eigenvalue weighted by Crippen LogP contribution is -2.18. The topological polar surface area (TPSA) is 82.2 Å². The zero-order chi connectivity index (χ0) is 19.8. The Morgan fingerprint density at radius 3 is 2.61 bits per heavy atom. The zero-order valence-electron chi connectivity index (χ0n) is 15.5. The lowest BCUT2D eigenvalue weighted by atomic mass is 10.0. The number of carbonyl (C=O) groups excluding carboxylic acids is 1. The van der Waals surface area contributed by atoms with Gasteiger partial charge in [0.05, 0.1) is 18.2 Å². The second-order valence-electron chi connectivity index (χ2n) is 6.15. The van der Waals surface area contributed by atoms with Crippen LogP contribution in [0.2, 0.25) is 0 Å². The first-order chi connectivity index (χ1) is 13.5. The highest BCUT2D eigenvalue weighted by molar-refractivity contribution is 6.12. The van der Waals surface area contributed by atoms with E-state index >= 15 is 0 Å². The van der Waals surface area contributed by atoms with E-state index in [2.05, 4.69) is 15.4 Å². The SMILES string of the molecule is CNC(=O)c1c(-c2ccc(F)cc2)oc2cc(-c3ncnn3C)c(OC)cc12. The minimum Gasteiger partial charge on any atom is -0.496 e. The maximum Gasteiger partial charge on any atom is 0.255 e. The third-order valence-corrected chi connectivity index (χ3v) is 4.52. The first-order valence-electron chi connectivity index (χ1n) is 8.50. The Morgan fingerprint density at radius 1 is 1.25 bits per heavy atom. The number of rotatable bonds is 4. The van der Waals surface area contributed by atoms with Gasteiger partial charge in [0.15, 0.2) is 5.82 Å². The van der Waals surface area contributed by atoms with Crippen molar-refractivity contribution in [3.05, 3.63) is 54.1 Å². The fraction of sp³-hybridized carbons (Fsp3) is 0.150. The maximum atomic E-state index is 13.3. The second kappa shape index (κ2) is 6.80. The monoisotopic (exact) mass is 380 g/mol. The number of hydrogen-bond donors (Lipinski definition) is 1. The molecule has 0 saturated carbocycles. The molecule has 4 aromatic rings. The molecule has 28 heavy (non-hydrogen) atoms. The smallest absolute Gasteiger partial charge is 0.255 e. The second-order valence-corrected chi connectivity index (χ2v) is 6.15. The lowest BCUT2D eigenvalue weighted by Gasteiger charge is -2.08. The number of furan rings is 1. The van der Waals surface area contributed by atoms with Crippen molar-refractivity contribution < 1.29 is 18.3 Å². The summed E-state index contributed by atoms with van der Waals surface area (Å²) < 4.78 is 26.5. The molecule has 0 unspecified atom stereocenters. The molecule has 0 saturated heterocycles. The lowest BCUT2D eigenvalue weighted by molar-refractivity contribution is 0.0964. The van der Waals surface area contributed by atoms with Crippen LogP contribution in [0.3, 0.4) is 0 Å². The van der Waals surface area contributed by atoms with Crippen LogP contribution in [0.1, 0.15) is 10.4 Å². The first kappa shape index (κ1) is 17.7. The molecular formula is C20H17FN4O3. The van der Waals surface area contributed by atoms with E-state index < -0.39 is 0 Å². The number of carbonyl (C=O) groups is 1. The number of halogens is 1.